The first-order valence-corrected chi connectivity index (χ1v) is 8.33. The number of allylic oxidation sites excluding steroid dienone is 2. The van der Waals surface area contributed by atoms with E-state index in [0.717, 1.165) is 0 Å². The Balaban J connectivity index is 1.39. The van der Waals surface area contributed by atoms with Gasteiger partial charge in [0.25, 0.3) is 0 Å². The quantitative estimate of drug-likeness (QED) is 0.403. The Labute approximate surface area is 129 Å². The molecule has 5 rings (SSSR count). The lowest BCUT2D eigenvalue weighted by atomic mass is 9.63. The number of carbonyl (C=O) groups is 3. The van der Waals surface area contributed by atoms with E-state index in [1.807, 2.05) is 0 Å². The second-order valence-corrected chi connectivity index (χ2v) is 7.17. The van der Waals surface area contributed by atoms with Crippen LogP contribution in [-0.2, 0) is 14.4 Å². The van der Waals surface area contributed by atoms with Crippen molar-refractivity contribution in [1.29, 1.82) is 0 Å². The van der Waals surface area contributed by atoms with Crippen LogP contribution >= 0.6 is 0 Å². The molecule has 0 aromatic carbocycles. The van der Waals surface area contributed by atoms with Gasteiger partial charge in [0.1, 0.15) is 0 Å². The first-order chi connectivity index (χ1) is 10.6. The Hall–Kier alpha value is -1.65. The Bertz CT molecular complexity index is 533. The summed E-state index contributed by atoms with van der Waals surface area (Å²) in [6, 6.07) is 0. The van der Waals surface area contributed by atoms with Crippen molar-refractivity contribution in [2.75, 3.05) is 6.54 Å². The number of rotatable bonds is 6. The molecule has 0 unspecified atom stereocenters. The van der Waals surface area contributed by atoms with Gasteiger partial charge in [0, 0.05) is 12.5 Å². The minimum absolute atomic E-state index is 0.0135. The third-order valence-electron chi connectivity index (χ3n) is 6.02. The Morgan fingerprint density at radius 1 is 1.05 bits per heavy atom. The highest BCUT2D eigenvalue weighted by molar-refractivity contribution is 6.06. The number of amides is 2. The van der Waals surface area contributed by atoms with Gasteiger partial charge in [-0.05, 0) is 49.4 Å². The minimum atomic E-state index is -1.04. The van der Waals surface area contributed by atoms with E-state index in [1.54, 1.807) is 0 Å². The number of carboxylic acids is 1. The van der Waals surface area contributed by atoms with Crippen LogP contribution in [0.25, 0.3) is 0 Å². The van der Waals surface area contributed by atoms with E-state index in [-0.39, 0.29) is 41.9 Å². The molecule has 6 atom stereocenters. The normalized spacial score (nSPS) is 40.8. The lowest BCUT2D eigenvalue weighted by Gasteiger charge is -2.37. The fourth-order valence-electron chi connectivity index (χ4n) is 4.96. The molecule has 118 valence electrons. The lowest BCUT2D eigenvalue weighted by Crippen LogP contribution is -2.40. The van der Waals surface area contributed by atoms with E-state index in [0.29, 0.717) is 37.6 Å². The Morgan fingerprint density at radius 2 is 1.64 bits per heavy atom. The molecular formula is C17H20NO4-. The zero-order chi connectivity index (χ0) is 15.4. The van der Waals surface area contributed by atoms with Crippen molar-refractivity contribution in [2.24, 2.45) is 35.5 Å². The molecule has 5 aliphatic rings. The summed E-state index contributed by atoms with van der Waals surface area (Å²) in [7, 11) is 0. The number of carboxylic acid groups (broad SMARTS) is 1. The van der Waals surface area contributed by atoms with Crippen molar-refractivity contribution in [2.45, 2.75) is 32.1 Å². The van der Waals surface area contributed by atoms with Gasteiger partial charge < -0.3 is 9.90 Å². The summed E-state index contributed by atoms with van der Waals surface area (Å²) in [6.07, 6.45) is 7.51. The van der Waals surface area contributed by atoms with Crippen LogP contribution in [0.3, 0.4) is 0 Å². The standard InChI is InChI=1S/C17H21NO4/c19-13(20)4-2-1-3-7-18-16(21)14-9-5-6-10(12-8-11(9)12)15(14)17(18)22/h5-6,9-12,14-15H,1-4,7-8H2,(H,19,20)/p-1/t9-,10+,11+,12-,14-,15+. The molecule has 0 N–H and O–H groups in total. The van der Waals surface area contributed by atoms with E-state index in [9.17, 15) is 19.5 Å². The van der Waals surface area contributed by atoms with Gasteiger partial charge in [-0.3, -0.25) is 14.5 Å². The van der Waals surface area contributed by atoms with Crippen LogP contribution in [0.15, 0.2) is 12.2 Å². The molecule has 0 radical (unpaired) electrons. The zero-order valence-corrected chi connectivity index (χ0v) is 12.4. The first-order valence-electron chi connectivity index (χ1n) is 8.33. The van der Waals surface area contributed by atoms with Crippen LogP contribution in [0, 0.1) is 35.5 Å². The first kappa shape index (κ1) is 14.0. The number of hydrogen-bond donors (Lipinski definition) is 0. The number of imide groups is 1. The van der Waals surface area contributed by atoms with E-state index >= 15 is 0 Å². The SMILES string of the molecule is O=C([O-])CCCCCN1C(=O)[C@@H]2[C@@H]3C=C[C@@H]([C@H]4C[C@@H]34)[C@@H]2C1=O. The smallest absolute Gasteiger partial charge is 0.233 e. The number of nitrogens with zero attached hydrogens (tertiary/aromatic N) is 1. The molecule has 1 heterocycles. The molecule has 5 nitrogen and oxygen atoms in total. The third kappa shape index (κ3) is 1.94. The molecule has 2 saturated carbocycles. The number of likely N-dealkylation sites (tertiary alicyclic amines) is 1. The summed E-state index contributed by atoms with van der Waals surface area (Å²) < 4.78 is 0. The Kier molecular flexibility index (Phi) is 3.13. The lowest BCUT2D eigenvalue weighted by molar-refractivity contribution is -0.305. The molecular weight excluding hydrogens is 282 g/mol. The van der Waals surface area contributed by atoms with Gasteiger partial charge in [-0.15, -0.1) is 0 Å². The van der Waals surface area contributed by atoms with Gasteiger partial charge in [0.2, 0.25) is 11.8 Å². The summed E-state index contributed by atoms with van der Waals surface area (Å²) in [5, 5.41) is 10.4. The summed E-state index contributed by atoms with van der Waals surface area (Å²) >= 11 is 0. The highest BCUT2D eigenvalue weighted by atomic mass is 16.4. The highest BCUT2D eigenvalue weighted by Crippen LogP contribution is 2.65. The maximum Gasteiger partial charge on any atom is 0.233 e. The largest absolute Gasteiger partial charge is 0.550 e. The van der Waals surface area contributed by atoms with Crippen molar-refractivity contribution < 1.29 is 19.5 Å². The number of unbranched alkanes of at least 4 members (excludes halogenated alkanes) is 2. The predicted octanol–water partition coefficient (Wildman–Crippen LogP) is 0.350. The maximum atomic E-state index is 12.6. The maximum absolute atomic E-state index is 12.6. The van der Waals surface area contributed by atoms with Gasteiger partial charge in [0.15, 0.2) is 0 Å². The van der Waals surface area contributed by atoms with E-state index in [4.69, 9.17) is 0 Å². The fraction of sp³-hybridized carbons (Fsp3) is 0.706. The van der Waals surface area contributed by atoms with E-state index in [2.05, 4.69) is 12.2 Å². The molecule has 4 aliphatic carbocycles. The van der Waals surface area contributed by atoms with Crippen LogP contribution in [-0.4, -0.2) is 29.2 Å². The van der Waals surface area contributed by atoms with Gasteiger partial charge in [-0.25, -0.2) is 0 Å². The second-order valence-electron chi connectivity index (χ2n) is 7.17. The van der Waals surface area contributed by atoms with Crippen molar-refractivity contribution in [1.82, 2.24) is 4.90 Å². The summed E-state index contributed by atoms with van der Waals surface area (Å²) in [6.45, 7) is 0.437. The second kappa shape index (κ2) is 4.93. The molecule has 1 aliphatic heterocycles. The van der Waals surface area contributed by atoms with Crippen molar-refractivity contribution in [3.63, 3.8) is 0 Å². The molecule has 0 spiro atoms. The van der Waals surface area contributed by atoms with Crippen molar-refractivity contribution in [3.05, 3.63) is 12.2 Å². The highest BCUT2D eigenvalue weighted by Gasteiger charge is 2.66. The van der Waals surface area contributed by atoms with E-state index in [1.165, 1.54) is 11.3 Å². The number of carbonyl (C=O) groups excluding carboxylic acids is 3. The Morgan fingerprint density at radius 3 is 2.18 bits per heavy atom. The van der Waals surface area contributed by atoms with Crippen LogP contribution in [0.1, 0.15) is 32.1 Å². The number of hydrogen-bond acceptors (Lipinski definition) is 4. The molecule has 0 aromatic rings. The molecule has 2 bridgehead atoms. The summed E-state index contributed by atoms with van der Waals surface area (Å²) in [4.78, 5) is 37.1. The van der Waals surface area contributed by atoms with Crippen molar-refractivity contribution >= 4 is 17.8 Å². The zero-order valence-electron chi connectivity index (χ0n) is 12.4. The van der Waals surface area contributed by atoms with Gasteiger partial charge in [0.05, 0.1) is 11.8 Å². The van der Waals surface area contributed by atoms with Crippen LogP contribution in [0.2, 0.25) is 0 Å². The molecule has 5 heteroatoms. The minimum Gasteiger partial charge on any atom is -0.550 e. The molecule has 0 aromatic heterocycles. The van der Waals surface area contributed by atoms with Gasteiger partial charge in [-0.1, -0.05) is 18.6 Å². The average Bonchev–Trinajstić information content (AvgIpc) is 3.26. The van der Waals surface area contributed by atoms with Crippen molar-refractivity contribution in [3.8, 4) is 0 Å². The molecule has 1 saturated heterocycles. The number of aliphatic carboxylic acids is 1. The predicted molar refractivity (Wildman–Crippen MR) is 74.9 cm³/mol. The third-order valence-corrected chi connectivity index (χ3v) is 6.02. The molecule has 22 heavy (non-hydrogen) atoms. The van der Waals surface area contributed by atoms with Crippen LogP contribution < -0.4 is 5.11 Å². The van der Waals surface area contributed by atoms with Gasteiger partial charge in [-0.2, -0.15) is 0 Å². The summed E-state index contributed by atoms with van der Waals surface area (Å²) in [5.74, 6) is 0.579. The molecule has 2 amide bonds. The monoisotopic (exact) mass is 302 g/mol. The fourth-order valence-corrected chi connectivity index (χ4v) is 4.96. The topological polar surface area (TPSA) is 77.5 Å². The van der Waals surface area contributed by atoms with E-state index < -0.39 is 5.97 Å². The van der Waals surface area contributed by atoms with Crippen LogP contribution in [0.4, 0.5) is 0 Å². The van der Waals surface area contributed by atoms with Gasteiger partial charge >= 0.3 is 0 Å². The summed E-state index contributed by atoms with van der Waals surface area (Å²) in [5.41, 5.74) is 0. The molecule has 3 fully saturated rings. The average molecular weight is 302 g/mol. The van der Waals surface area contributed by atoms with Crippen LogP contribution in [0.5, 0.6) is 0 Å².